The Morgan fingerprint density at radius 1 is 1.24 bits per heavy atom. The third-order valence-corrected chi connectivity index (χ3v) is 3.24. The second-order valence-corrected chi connectivity index (χ2v) is 6.09. The maximum Gasteiger partial charge on any atom is 0.337 e. The lowest BCUT2D eigenvalue weighted by atomic mass is 10.1. The fraction of sp³-hybridized carbons (Fsp3) is 0.429. The number of carboxylic acid groups (broad SMARTS) is 1. The molecule has 0 aliphatic rings. The van der Waals surface area contributed by atoms with Gasteiger partial charge in [0.05, 0.1) is 16.3 Å². The molecule has 116 valence electrons. The first-order valence-electron chi connectivity index (χ1n) is 6.50. The summed E-state index contributed by atoms with van der Waals surface area (Å²) in [4.78, 5) is 23.1. The summed E-state index contributed by atoms with van der Waals surface area (Å²) in [6.07, 6.45) is 0.813. The molecule has 0 aliphatic heterocycles. The van der Waals surface area contributed by atoms with Gasteiger partial charge in [-0.3, -0.25) is 0 Å². The predicted octanol–water partition coefficient (Wildman–Crippen LogP) is 4.25. The zero-order chi connectivity index (χ0) is 16.2. The van der Waals surface area contributed by atoms with Crippen LogP contribution in [0.25, 0.3) is 0 Å². The molecule has 0 bridgehead atoms. The van der Waals surface area contributed by atoms with Crippen LogP contribution in [0.5, 0.6) is 0 Å². The van der Waals surface area contributed by atoms with Gasteiger partial charge in [-0.1, -0.05) is 37.0 Å². The van der Waals surface area contributed by atoms with Crippen molar-refractivity contribution in [1.29, 1.82) is 0 Å². The maximum absolute atomic E-state index is 11.9. The molecule has 0 fully saturated rings. The van der Waals surface area contributed by atoms with Crippen LogP contribution in [-0.2, 0) is 0 Å². The predicted molar refractivity (Wildman–Crippen MR) is 84.5 cm³/mol. The van der Waals surface area contributed by atoms with Crippen LogP contribution in [0.2, 0.25) is 10.0 Å². The van der Waals surface area contributed by atoms with E-state index in [2.05, 4.69) is 24.5 Å². The Labute approximate surface area is 133 Å². The molecule has 1 rings (SSSR count). The number of carboxylic acids is 1. The minimum absolute atomic E-state index is 0.0304. The highest BCUT2D eigenvalue weighted by molar-refractivity contribution is 6.37. The van der Waals surface area contributed by atoms with Crippen molar-refractivity contribution in [2.75, 3.05) is 5.32 Å². The van der Waals surface area contributed by atoms with Gasteiger partial charge in [0.25, 0.3) is 0 Å². The first-order chi connectivity index (χ1) is 9.70. The molecule has 1 unspecified atom stereocenters. The molecule has 0 saturated heterocycles. The number of hydrogen-bond donors (Lipinski definition) is 3. The van der Waals surface area contributed by atoms with Crippen molar-refractivity contribution < 1.29 is 14.7 Å². The number of amides is 2. The van der Waals surface area contributed by atoms with Gasteiger partial charge < -0.3 is 15.7 Å². The highest BCUT2D eigenvalue weighted by atomic mass is 35.5. The quantitative estimate of drug-likeness (QED) is 0.754. The van der Waals surface area contributed by atoms with E-state index in [1.165, 1.54) is 12.1 Å². The second-order valence-electron chi connectivity index (χ2n) is 5.24. The molecule has 7 heteroatoms. The Kier molecular flexibility index (Phi) is 6.30. The normalized spacial score (nSPS) is 12.1. The maximum atomic E-state index is 11.9. The van der Waals surface area contributed by atoms with Crippen molar-refractivity contribution in [3.05, 3.63) is 27.7 Å². The number of carbonyl (C=O) groups excluding carboxylic acids is 1. The summed E-state index contributed by atoms with van der Waals surface area (Å²) < 4.78 is 0. The van der Waals surface area contributed by atoms with Gasteiger partial charge in [0, 0.05) is 11.1 Å². The van der Waals surface area contributed by atoms with Gasteiger partial charge in [-0.15, -0.1) is 0 Å². The molecule has 5 nitrogen and oxygen atoms in total. The van der Waals surface area contributed by atoms with Crippen molar-refractivity contribution in [3.63, 3.8) is 0 Å². The van der Waals surface area contributed by atoms with Gasteiger partial charge in [-0.2, -0.15) is 0 Å². The SMILES string of the molecule is CC(C)CC(C)NC(=O)Nc1c(Cl)cc(Cl)cc1C(=O)O. The molecule has 1 atom stereocenters. The fourth-order valence-corrected chi connectivity index (χ4v) is 2.55. The number of benzene rings is 1. The summed E-state index contributed by atoms with van der Waals surface area (Å²) in [5.74, 6) is -0.779. The van der Waals surface area contributed by atoms with Crippen molar-refractivity contribution >= 4 is 40.9 Å². The molecule has 0 saturated carbocycles. The molecule has 2 amide bonds. The number of halogens is 2. The molecule has 1 aromatic rings. The number of nitrogens with one attached hydrogen (secondary N) is 2. The molecule has 0 aromatic heterocycles. The molecule has 0 radical (unpaired) electrons. The van der Waals surface area contributed by atoms with E-state index >= 15 is 0 Å². The van der Waals surface area contributed by atoms with Crippen molar-refractivity contribution in [1.82, 2.24) is 5.32 Å². The lowest BCUT2D eigenvalue weighted by Crippen LogP contribution is -2.37. The van der Waals surface area contributed by atoms with Gasteiger partial charge >= 0.3 is 12.0 Å². The Hall–Kier alpha value is -1.46. The van der Waals surface area contributed by atoms with E-state index < -0.39 is 12.0 Å². The van der Waals surface area contributed by atoms with Crippen LogP contribution in [-0.4, -0.2) is 23.1 Å². The topological polar surface area (TPSA) is 78.4 Å². The summed E-state index contributed by atoms with van der Waals surface area (Å²) in [7, 11) is 0. The molecule has 0 spiro atoms. The molecular formula is C14H18Cl2N2O3. The summed E-state index contributed by atoms with van der Waals surface area (Å²) in [6.45, 7) is 5.98. The average Bonchev–Trinajstić information content (AvgIpc) is 2.30. The first kappa shape index (κ1) is 17.6. The minimum Gasteiger partial charge on any atom is -0.478 e. The average molecular weight is 333 g/mol. The number of aromatic carboxylic acids is 1. The Bertz CT molecular complexity index is 547. The molecule has 3 N–H and O–H groups in total. The highest BCUT2D eigenvalue weighted by Gasteiger charge is 2.18. The van der Waals surface area contributed by atoms with Gasteiger partial charge in [-0.05, 0) is 31.4 Å². The minimum atomic E-state index is -1.22. The van der Waals surface area contributed by atoms with E-state index in [0.29, 0.717) is 5.92 Å². The zero-order valence-electron chi connectivity index (χ0n) is 12.0. The number of hydrogen-bond acceptors (Lipinski definition) is 2. The standard InChI is InChI=1S/C14H18Cl2N2O3/c1-7(2)4-8(3)17-14(21)18-12-10(13(19)20)5-9(15)6-11(12)16/h5-8H,4H2,1-3H3,(H,19,20)(H2,17,18,21). The third-order valence-electron chi connectivity index (χ3n) is 2.73. The van der Waals surface area contributed by atoms with E-state index in [1.807, 2.05) is 6.92 Å². The highest BCUT2D eigenvalue weighted by Crippen LogP contribution is 2.30. The van der Waals surface area contributed by atoms with Gasteiger partial charge in [0.2, 0.25) is 0 Å². The molecular weight excluding hydrogens is 315 g/mol. The summed E-state index contributed by atoms with van der Waals surface area (Å²) in [6, 6.07) is 2.07. The smallest absolute Gasteiger partial charge is 0.337 e. The van der Waals surface area contributed by atoms with Crippen LogP contribution >= 0.6 is 23.2 Å². The molecule has 0 aliphatic carbocycles. The van der Waals surface area contributed by atoms with Crippen molar-refractivity contribution in [2.45, 2.75) is 33.2 Å². The van der Waals surface area contributed by atoms with Crippen LogP contribution in [0, 0.1) is 5.92 Å². The van der Waals surface area contributed by atoms with Gasteiger partial charge in [0.1, 0.15) is 0 Å². The molecule has 21 heavy (non-hydrogen) atoms. The Morgan fingerprint density at radius 2 is 1.86 bits per heavy atom. The molecule has 0 heterocycles. The van der Waals surface area contributed by atoms with E-state index in [4.69, 9.17) is 28.3 Å². The number of urea groups is 1. The van der Waals surface area contributed by atoms with Crippen LogP contribution in [0.15, 0.2) is 12.1 Å². The second kappa shape index (κ2) is 7.52. The van der Waals surface area contributed by atoms with Crippen LogP contribution in [0.3, 0.4) is 0 Å². The number of anilines is 1. The zero-order valence-corrected chi connectivity index (χ0v) is 13.5. The Morgan fingerprint density at radius 3 is 2.38 bits per heavy atom. The molecule has 1 aromatic carbocycles. The van der Waals surface area contributed by atoms with Crippen molar-refractivity contribution in [3.8, 4) is 0 Å². The van der Waals surface area contributed by atoms with Crippen LogP contribution in [0.1, 0.15) is 37.6 Å². The van der Waals surface area contributed by atoms with Gasteiger partial charge in [-0.25, -0.2) is 9.59 Å². The van der Waals surface area contributed by atoms with Crippen molar-refractivity contribution in [2.24, 2.45) is 5.92 Å². The summed E-state index contributed by atoms with van der Waals surface area (Å²) >= 11 is 11.7. The van der Waals surface area contributed by atoms with Crippen LogP contribution < -0.4 is 10.6 Å². The summed E-state index contributed by atoms with van der Waals surface area (Å²) in [5.41, 5.74) is -0.123. The van der Waals surface area contributed by atoms with E-state index in [1.54, 1.807) is 0 Å². The fourth-order valence-electron chi connectivity index (χ4n) is 2.01. The summed E-state index contributed by atoms with van der Waals surface area (Å²) in [5, 5.41) is 14.6. The van der Waals surface area contributed by atoms with E-state index in [-0.39, 0.29) is 27.3 Å². The van der Waals surface area contributed by atoms with Gasteiger partial charge in [0.15, 0.2) is 0 Å². The van der Waals surface area contributed by atoms with E-state index in [9.17, 15) is 9.59 Å². The lowest BCUT2D eigenvalue weighted by molar-refractivity contribution is 0.0698. The van der Waals surface area contributed by atoms with Crippen LogP contribution in [0.4, 0.5) is 10.5 Å². The lowest BCUT2D eigenvalue weighted by Gasteiger charge is -2.17. The first-order valence-corrected chi connectivity index (χ1v) is 7.26. The third kappa shape index (κ3) is 5.44. The monoisotopic (exact) mass is 332 g/mol. The van der Waals surface area contributed by atoms with E-state index in [0.717, 1.165) is 6.42 Å². The Balaban J connectivity index is 2.87. The largest absolute Gasteiger partial charge is 0.478 e. The number of carbonyl (C=O) groups is 2. The number of rotatable bonds is 5.